The van der Waals surface area contributed by atoms with E-state index in [1.54, 1.807) is 12.4 Å². The van der Waals surface area contributed by atoms with Crippen LogP contribution in [0.3, 0.4) is 0 Å². The Hall–Kier alpha value is -2.21. The lowest BCUT2D eigenvalue weighted by molar-refractivity contribution is -0.118. The number of carbonyl (C=O) groups is 1. The average molecular weight is 274 g/mol. The third-order valence-corrected chi connectivity index (χ3v) is 2.97. The lowest BCUT2D eigenvalue weighted by atomic mass is 9.98. The Morgan fingerprint density at radius 1 is 1.42 bits per heavy atom. The monoisotopic (exact) mass is 274 g/mol. The smallest absolute Gasteiger partial charge is 0.236 e. The Bertz CT molecular complexity index is 553. The number of hydrogen-bond acceptors (Lipinski definition) is 3. The number of carbonyl (C=O) groups excluding carboxylic acids is 1. The van der Waals surface area contributed by atoms with Gasteiger partial charge in [0.15, 0.2) is 0 Å². The molecular weight excluding hydrogens is 260 g/mol. The number of aromatic nitrogens is 2. The minimum absolute atomic E-state index is 0.174. The number of imidazole rings is 1. The molecule has 0 saturated heterocycles. The van der Waals surface area contributed by atoms with Gasteiger partial charge in [0.2, 0.25) is 11.9 Å². The summed E-state index contributed by atoms with van der Waals surface area (Å²) in [5, 5.41) is 2.65. The molecular formula is C13H14N4OS. The van der Waals surface area contributed by atoms with Crippen LogP contribution >= 0.6 is 12.2 Å². The van der Waals surface area contributed by atoms with Gasteiger partial charge in [-0.15, -0.1) is 0 Å². The number of amides is 1. The molecule has 0 fully saturated rings. The van der Waals surface area contributed by atoms with Gasteiger partial charge in [-0.3, -0.25) is 10.1 Å². The SMILES string of the molecule is NC(=S)C(Cc1ccccc1)C(=O)Nc1ncc[nH]1. The number of thiocarbonyl (C=S) groups is 1. The number of H-pyrrole nitrogens is 1. The fourth-order valence-electron chi connectivity index (χ4n) is 1.71. The first-order valence-corrected chi connectivity index (χ1v) is 6.21. The van der Waals surface area contributed by atoms with E-state index in [9.17, 15) is 4.79 Å². The quantitative estimate of drug-likeness (QED) is 0.721. The van der Waals surface area contributed by atoms with E-state index in [1.807, 2.05) is 30.3 Å². The summed E-state index contributed by atoms with van der Waals surface area (Å²) in [6, 6.07) is 9.62. The van der Waals surface area contributed by atoms with Crippen LogP contribution in [0.4, 0.5) is 5.95 Å². The Labute approximate surface area is 116 Å². The summed E-state index contributed by atoms with van der Waals surface area (Å²) in [4.78, 5) is 19.0. The molecule has 1 aromatic heterocycles. The van der Waals surface area contributed by atoms with Crippen LogP contribution in [0, 0.1) is 5.92 Å². The number of aromatic amines is 1. The summed E-state index contributed by atoms with van der Waals surface area (Å²) in [5.41, 5.74) is 6.66. The zero-order chi connectivity index (χ0) is 13.7. The molecule has 98 valence electrons. The van der Waals surface area contributed by atoms with Gasteiger partial charge < -0.3 is 10.7 Å². The van der Waals surface area contributed by atoms with Gasteiger partial charge in [0.25, 0.3) is 0 Å². The molecule has 1 heterocycles. The van der Waals surface area contributed by atoms with E-state index in [1.165, 1.54) is 0 Å². The summed E-state index contributed by atoms with van der Waals surface area (Å²) < 4.78 is 0. The van der Waals surface area contributed by atoms with Crippen molar-refractivity contribution in [1.82, 2.24) is 9.97 Å². The molecule has 0 spiro atoms. The van der Waals surface area contributed by atoms with Crippen molar-refractivity contribution in [1.29, 1.82) is 0 Å². The van der Waals surface area contributed by atoms with Crippen LogP contribution < -0.4 is 11.1 Å². The van der Waals surface area contributed by atoms with E-state index in [-0.39, 0.29) is 10.9 Å². The van der Waals surface area contributed by atoms with Crippen molar-refractivity contribution in [2.75, 3.05) is 5.32 Å². The van der Waals surface area contributed by atoms with Crippen molar-refractivity contribution in [3.8, 4) is 0 Å². The van der Waals surface area contributed by atoms with E-state index in [0.717, 1.165) is 5.56 Å². The molecule has 19 heavy (non-hydrogen) atoms. The molecule has 1 aromatic carbocycles. The normalized spacial score (nSPS) is 11.8. The van der Waals surface area contributed by atoms with Gasteiger partial charge in [-0.05, 0) is 12.0 Å². The molecule has 0 aliphatic rings. The maximum atomic E-state index is 12.1. The molecule has 2 aromatic rings. The van der Waals surface area contributed by atoms with Crippen LogP contribution in [-0.2, 0) is 11.2 Å². The van der Waals surface area contributed by atoms with E-state index in [0.29, 0.717) is 12.4 Å². The first-order valence-electron chi connectivity index (χ1n) is 5.80. The van der Waals surface area contributed by atoms with E-state index in [2.05, 4.69) is 15.3 Å². The van der Waals surface area contributed by atoms with Gasteiger partial charge in [0.1, 0.15) is 0 Å². The van der Waals surface area contributed by atoms with Crippen LogP contribution in [0.1, 0.15) is 5.56 Å². The molecule has 0 bridgehead atoms. The lowest BCUT2D eigenvalue weighted by Crippen LogP contribution is -2.35. The predicted octanol–water partition coefficient (Wildman–Crippen LogP) is 1.49. The highest BCUT2D eigenvalue weighted by atomic mass is 32.1. The van der Waals surface area contributed by atoms with Gasteiger partial charge in [-0.1, -0.05) is 42.5 Å². The number of benzene rings is 1. The molecule has 1 amide bonds. The topological polar surface area (TPSA) is 83.8 Å². The van der Waals surface area contributed by atoms with Crippen molar-refractivity contribution in [3.63, 3.8) is 0 Å². The van der Waals surface area contributed by atoms with Gasteiger partial charge >= 0.3 is 0 Å². The standard InChI is InChI=1S/C13H14N4OS/c14-11(19)10(8-9-4-2-1-3-5-9)12(18)17-13-15-6-7-16-13/h1-7,10H,8H2,(H2,14,19)(H2,15,16,17,18). The fourth-order valence-corrected chi connectivity index (χ4v) is 1.90. The Balaban J connectivity index is 2.07. The molecule has 5 nitrogen and oxygen atoms in total. The Morgan fingerprint density at radius 2 is 2.16 bits per heavy atom. The van der Waals surface area contributed by atoms with Gasteiger partial charge in [-0.2, -0.15) is 0 Å². The summed E-state index contributed by atoms with van der Waals surface area (Å²) in [6.45, 7) is 0. The van der Waals surface area contributed by atoms with E-state index < -0.39 is 5.92 Å². The summed E-state index contributed by atoms with van der Waals surface area (Å²) in [7, 11) is 0. The molecule has 6 heteroatoms. The zero-order valence-corrected chi connectivity index (χ0v) is 11.0. The predicted molar refractivity (Wildman–Crippen MR) is 77.6 cm³/mol. The Morgan fingerprint density at radius 3 is 2.74 bits per heavy atom. The number of hydrogen-bond donors (Lipinski definition) is 3. The molecule has 2 rings (SSSR count). The van der Waals surface area contributed by atoms with Crippen molar-refractivity contribution in [2.24, 2.45) is 11.7 Å². The molecule has 4 N–H and O–H groups in total. The van der Waals surface area contributed by atoms with E-state index >= 15 is 0 Å². The van der Waals surface area contributed by atoms with Crippen molar-refractivity contribution in [3.05, 3.63) is 48.3 Å². The summed E-state index contributed by atoms with van der Waals surface area (Å²) in [5.74, 6) is -0.423. The van der Waals surface area contributed by atoms with Gasteiger partial charge in [0.05, 0.1) is 10.9 Å². The minimum atomic E-state index is -0.553. The number of nitrogens with one attached hydrogen (secondary N) is 2. The second-order valence-corrected chi connectivity index (χ2v) is 4.54. The maximum Gasteiger partial charge on any atom is 0.236 e. The number of rotatable bonds is 5. The molecule has 1 atom stereocenters. The van der Waals surface area contributed by atoms with Gasteiger partial charge in [0, 0.05) is 12.4 Å². The fraction of sp³-hybridized carbons (Fsp3) is 0.154. The second-order valence-electron chi connectivity index (χ2n) is 4.07. The third kappa shape index (κ3) is 3.62. The number of nitrogens with two attached hydrogens (primary N) is 1. The third-order valence-electron chi connectivity index (χ3n) is 2.68. The molecule has 0 radical (unpaired) electrons. The van der Waals surface area contributed by atoms with Crippen LogP contribution in [0.25, 0.3) is 0 Å². The number of anilines is 1. The molecule has 0 aliphatic carbocycles. The zero-order valence-electron chi connectivity index (χ0n) is 10.2. The van der Waals surface area contributed by atoms with Crippen molar-refractivity contribution < 1.29 is 4.79 Å². The lowest BCUT2D eigenvalue weighted by Gasteiger charge is -2.14. The molecule has 0 aliphatic heterocycles. The Kier molecular flexibility index (Phi) is 4.25. The van der Waals surface area contributed by atoms with Crippen LogP contribution in [0.15, 0.2) is 42.7 Å². The highest BCUT2D eigenvalue weighted by Crippen LogP contribution is 2.11. The van der Waals surface area contributed by atoms with Gasteiger partial charge in [-0.25, -0.2) is 4.98 Å². The largest absolute Gasteiger partial charge is 0.393 e. The highest BCUT2D eigenvalue weighted by Gasteiger charge is 2.22. The number of nitrogens with zero attached hydrogens (tertiary/aromatic N) is 1. The van der Waals surface area contributed by atoms with Crippen molar-refractivity contribution in [2.45, 2.75) is 6.42 Å². The molecule has 1 unspecified atom stereocenters. The highest BCUT2D eigenvalue weighted by molar-refractivity contribution is 7.80. The average Bonchev–Trinajstić information content (AvgIpc) is 2.89. The second kappa shape index (κ2) is 6.10. The minimum Gasteiger partial charge on any atom is -0.393 e. The van der Waals surface area contributed by atoms with Crippen LogP contribution in [-0.4, -0.2) is 20.9 Å². The summed E-state index contributed by atoms with van der Waals surface area (Å²) >= 11 is 4.97. The molecule has 0 saturated carbocycles. The van der Waals surface area contributed by atoms with E-state index in [4.69, 9.17) is 18.0 Å². The van der Waals surface area contributed by atoms with Crippen LogP contribution in [0.5, 0.6) is 0 Å². The first kappa shape index (κ1) is 13.2. The van der Waals surface area contributed by atoms with Crippen molar-refractivity contribution >= 4 is 29.1 Å². The first-order chi connectivity index (χ1) is 9.16. The summed E-state index contributed by atoms with van der Waals surface area (Å²) in [6.07, 6.45) is 3.66. The maximum absolute atomic E-state index is 12.1. The van der Waals surface area contributed by atoms with Crippen LogP contribution in [0.2, 0.25) is 0 Å².